The Kier molecular flexibility index (Phi) is 6.14. The molecular formula is C19H20FNO4. The molecule has 2 N–H and O–H groups in total. The number of aromatic hydroxyl groups is 1. The van der Waals surface area contributed by atoms with Crippen molar-refractivity contribution >= 4 is 17.3 Å². The molecule has 0 amide bonds. The largest absolute Gasteiger partial charge is 0.504 e. The van der Waals surface area contributed by atoms with E-state index in [1.54, 1.807) is 6.92 Å². The highest BCUT2D eigenvalue weighted by Gasteiger charge is 2.18. The number of carbonyl (C=O) groups is 1. The lowest BCUT2D eigenvalue weighted by Gasteiger charge is -2.04. The van der Waals surface area contributed by atoms with E-state index in [0.717, 1.165) is 0 Å². The van der Waals surface area contributed by atoms with Crippen molar-refractivity contribution in [3.05, 3.63) is 47.8 Å². The summed E-state index contributed by atoms with van der Waals surface area (Å²) in [5, 5.41) is 13.2. The van der Waals surface area contributed by atoms with Gasteiger partial charge in [-0.05, 0) is 51.4 Å². The molecule has 0 aliphatic rings. The average Bonchev–Trinajstić information content (AvgIpc) is 2.94. The maximum atomic E-state index is 13.0. The van der Waals surface area contributed by atoms with E-state index in [1.165, 1.54) is 36.4 Å². The number of furan rings is 1. The zero-order valence-corrected chi connectivity index (χ0v) is 14.3. The minimum absolute atomic E-state index is 0.0658. The first-order chi connectivity index (χ1) is 12.0. The second-order valence-electron chi connectivity index (χ2n) is 5.22. The maximum Gasteiger partial charge on any atom is 0.164 e. The molecule has 6 heteroatoms. The van der Waals surface area contributed by atoms with E-state index in [1.807, 2.05) is 14.1 Å². The molecule has 0 bridgehead atoms. The van der Waals surface area contributed by atoms with E-state index in [-0.39, 0.29) is 17.3 Å². The van der Waals surface area contributed by atoms with Gasteiger partial charge in [-0.2, -0.15) is 0 Å². The van der Waals surface area contributed by atoms with Crippen molar-refractivity contribution in [3.63, 3.8) is 0 Å². The summed E-state index contributed by atoms with van der Waals surface area (Å²) in [4.78, 5) is 11.4. The summed E-state index contributed by atoms with van der Waals surface area (Å²) in [6.07, 6.45) is 0.657. The van der Waals surface area contributed by atoms with Crippen LogP contribution >= 0.6 is 0 Å². The lowest BCUT2D eigenvalue weighted by molar-refractivity contribution is 0.112. The van der Waals surface area contributed by atoms with Crippen LogP contribution < -0.4 is 10.1 Å². The smallest absolute Gasteiger partial charge is 0.164 e. The third kappa shape index (κ3) is 3.97. The zero-order chi connectivity index (χ0) is 18.4. The molecule has 0 saturated heterocycles. The number of ether oxygens (including phenoxy) is 1. The molecule has 2 aromatic carbocycles. The van der Waals surface area contributed by atoms with Gasteiger partial charge in [0, 0.05) is 17.0 Å². The number of fused-ring (bicyclic) bond motifs is 1. The van der Waals surface area contributed by atoms with Crippen molar-refractivity contribution in [2.75, 3.05) is 20.7 Å². The molecule has 3 rings (SSSR count). The van der Waals surface area contributed by atoms with Crippen molar-refractivity contribution in [2.24, 2.45) is 0 Å². The quantitative estimate of drug-likeness (QED) is 0.700. The number of hydrogen-bond acceptors (Lipinski definition) is 5. The number of nitrogens with one attached hydrogen (secondary N) is 1. The Hall–Kier alpha value is -2.86. The SMILES string of the molecule is CCOc1cc2oc(-c3ccc(F)cc3)c(C=O)c2cc1O.CNC. The standard InChI is InChI=1S/C17H13FO4.C2H7N/c1-2-21-16-8-15-12(7-14(16)20)13(9-19)17(22-15)10-3-5-11(18)6-4-10;1-3-2/h3-9,20H,2H2,1H3;3H,1-2H3. The second-order valence-corrected chi connectivity index (χ2v) is 5.22. The van der Waals surface area contributed by atoms with Gasteiger partial charge in [-0.1, -0.05) is 0 Å². The molecule has 0 saturated carbocycles. The van der Waals surface area contributed by atoms with Crippen LogP contribution in [0.3, 0.4) is 0 Å². The van der Waals surface area contributed by atoms with E-state index in [4.69, 9.17) is 9.15 Å². The molecular weight excluding hydrogens is 325 g/mol. The molecule has 25 heavy (non-hydrogen) atoms. The summed E-state index contributed by atoms with van der Waals surface area (Å²) in [6.45, 7) is 2.19. The highest BCUT2D eigenvalue weighted by molar-refractivity contribution is 6.03. The maximum absolute atomic E-state index is 13.0. The van der Waals surface area contributed by atoms with Crippen molar-refractivity contribution in [3.8, 4) is 22.8 Å². The lowest BCUT2D eigenvalue weighted by atomic mass is 10.1. The molecule has 0 radical (unpaired) electrons. The van der Waals surface area contributed by atoms with Crippen LogP contribution in [0.4, 0.5) is 4.39 Å². The van der Waals surface area contributed by atoms with Gasteiger partial charge < -0.3 is 19.6 Å². The molecule has 0 fully saturated rings. The van der Waals surface area contributed by atoms with Gasteiger partial charge in [0.1, 0.15) is 17.2 Å². The first-order valence-corrected chi connectivity index (χ1v) is 7.77. The fourth-order valence-corrected chi connectivity index (χ4v) is 2.34. The number of rotatable bonds is 4. The molecule has 0 aliphatic heterocycles. The van der Waals surface area contributed by atoms with Crippen molar-refractivity contribution in [2.45, 2.75) is 6.92 Å². The van der Waals surface area contributed by atoms with E-state index in [0.29, 0.717) is 40.7 Å². The van der Waals surface area contributed by atoms with Crippen LogP contribution in [0.25, 0.3) is 22.3 Å². The van der Waals surface area contributed by atoms with E-state index in [2.05, 4.69) is 5.32 Å². The minimum atomic E-state index is -0.371. The normalized spacial score (nSPS) is 10.2. The van der Waals surface area contributed by atoms with Crippen LogP contribution in [0, 0.1) is 5.82 Å². The number of benzene rings is 2. The predicted octanol–water partition coefficient (Wildman–Crippen LogP) is 3.99. The third-order valence-electron chi connectivity index (χ3n) is 3.33. The summed E-state index contributed by atoms with van der Waals surface area (Å²) in [5.74, 6) is 0.178. The fourth-order valence-electron chi connectivity index (χ4n) is 2.34. The first kappa shape index (κ1) is 18.5. The van der Waals surface area contributed by atoms with Gasteiger partial charge >= 0.3 is 0 Å². The molecule has 1 heterocycles. The fraction of sp³-hybridized carbons (Fsp3) is 0.211. The monoisotopic (exact) mass is 345 g/mol. The Balaban J connectivity index is 0.000000701. The van der Waals surface area contributed by atoms with Crippen molar-refractivity contribution in [1.82, 2.24) is 5.32 Å². The minimum Gasteiger partial charge on any atom is -0.504 e. The van der Waals surface area contributed by atoms with Crippen LogP contribution in [0.2, 0.25) is 0 Å². The summed E-state index contributed by atoms with van der Waals surface area (Å²) in [6, 6.07) is 8.61. The Bertz CT molecular complexity index is 856. The van der Waals surface area contributed by atoms with Gasteiger partial charge in [0.25, 0.3) is 0 Å². The van der Waals surface area contributed by atoms with Gasteiger partial charge in [-0.15, -0.1) is 0 Å². The molecule has 0 aliphatic carbocycles. The number of hydrogen-bond donors (Lipinski definition) is 2. The second kappa shape index (κ2) is 8.30. The van der Waals surface area contributed by atoms with Gasteiger partial charge in [0.15, 0.2) is 17.8 Å². The number of carbonyl (C=O) groups excluding carboxylic acids is 1. The predicted molar refractivity (Wildman–Crippen MR) is 94.8 cm³/mol. The van der Waals surface area contributed by atoms with Gasteiger partial charge in [-0.25, -0.2) is 4.39 Å². The number of halogens is 1. The average molecular weight is 345 g/mol. The Morgan fingerprint density at radius 1 is 1.24 bits per heavy atom. The topological polar surface area (TPSA) is 71.7 Å². The molecule has 1 aromatic heterocycles. The molecule has 132 valence electrons. The molecule has 0 unspecified atom stereocenters. The Morgan fingerprint density at radius 2 is 1.88 bits per heavy atom. The molecule has 0 atom stereocenters. The summed E-state index contributed by atoms with van der Waals surface area (Å²) in [7, 11) is 3.75. The van der Waals surface area contributed by atoms with Gasteiger partial charge in [-0.3, -0.25) is 4.79 Å². The van der Waals surface area contributed by atoms with E-state index < -0.39 is 0 Å². The number of phenols is 1. The Labute approximate surface area is 145 Å². The highest BCUT2D eigenvalue weighted by Crippen LogP contribution is 2.38. The van der Waals surface area contributed by atoms with Crippen LogP contribution in [-0.2, 0) is 0 Å². The van der Waals surface area contributed by atoms with Crippen LogP contribution in [0.15, 0.2) is 40.8 Å². The number of aldehydes is 1. The van der Waals surface area contributed by atoms with Crippen LogP contribution in [0.5, 0.6) is 11.5 Å². The van der Waals surface area contributed by atoms with Crippen molar-refractivity contribution < 1.29 is 23.4 Å². The third-order valence-corrected chi connectivity index (χ3v) is 3.33. The van der Waals surface area contributed by atoms with Gasteiger partial charge in [0.05, 0.1) is 12.2 Å². The lowest BCUT2D eigenvalue weighted by Crippen LogP contribution is -1.91. The van der Waals surface area contributed by atoms with Crippen LogP contribution in [-0.4, -0.2) is 32.1 Å². The molecule has 0 spiro atoms. The highest BCUT2D eigenvalue weighted by atomic mass is 19.1. The molecule has 3 aromatic rings. The summed E-state index contributed by atoms with van der Waals surface area (Å²) >= 11 is 0. The van der Waals surface area contributed by atoms with Crippen molar-refractivity contribution in [1.29, 1.82) is 0 Å². The summed E-state index contributed by atoms with van der Waals surface area (Å²) < 4.78 is 24.0. The first-order valence-electron chi connectivity index (χ1n) is 7.77. The summed E-state index contributed by atoms with van der Waals surface area (Å²) in [5.41, 5.74) is 1.31. The van der Waals surface area contributed by atoms with Gasteiger partial charge in [0.2, 0.25) is 0 Å². The van der Waals surface area contributed by atoms with E-state index in [9.17, 15) is 14.3 Å². The number of phenolic OH excluding ortho intramolecular Hbond substituents is 1. The van der Waals surface area contributed by atoms with E-state index >= 15 is 0 Å². The molecule has 5 nitrogen and oxygen atoms in total. The van der Waals surface area contributed by atoms with Crippen LogP contribution in [0.1, 0.15) is 17.3 Å². The zero-order valence-electron chi connectivity index (χ0n) is 14.3. The Morgan fingerprint density at radius 3 is 2.44 bits per heavy atom.